The maximum absolute atomic E-state index is 13.2. The quantitative estimate of drug-likeness (QED) is 0.431. The number of methoxy groups -OCH3 is 1. The first kappa shape index (κ1) is 18.9. The Balaban J connectivity index is 1.77. The highest BCUT2D eigenvalue weighted by Crippen LogP contribution is 2.40. The average molecular weight is 416 g/mol. The summed E-state index contributed by atoms with van der Waals surface area (Å²) >= 11 is 6.22. The largest absolute Gasteiger partial charge is 0.490 e. The Labute approximate surface area is 169 Å². The van der Waals surface area contributed by atoms with Gasteiger partial charge in [-0.2, -0.15) is 0 Å². The Morgan fingerprint density at radius 3 is 2.62 bits per heavy atom. The number of nitrogens with zero attached hydrogens (tertiary/aromatic N) is 3. The van der Waals surface area contributed by atoms with Crippen LogP contribution < -0.4 is 9.64 Å². The van der Waals surface area contributed by atoms with E-state index in [4.69, 9.17) is 21.2 Å². The maximum atomic E-state index is 13.2. The van der Waals surface area contributed by atoms with Gasteiger partial charge in [0.25, 0.3) is 5.91 Å². The van der Waals surface area contributed by atoms with Crippen LogP contribution in [0.5, 0.6) is 5.75 Å². The van der Waals surface area contributed by atoms with E-state index in [1.807, 2.05) is 0 Å². The summed E-state index contributed by atoms with van der Waals surface area (Å²) in [6.45, 7) is 1.57. The van der Waals surface area contributed by atoms with Crippen LogP contribution in [0, 0.1) is 23.0 Å². The molecule has 4 rings (SSSR count). The number of anilines is 1. The van der Waals surface area contributed by atoms with E-state index >= 15 is 0 Å². The molecule has 10 heteroatoms. The van der Waals surface area contributed by atoms with Gasteiger partial charge in [-0.3, -0.25) is 19.7 Å². The van der Waals surface area contributed by atoms with Gasteiger partial charge < -0.3 is 9.57 Å². The lowest BCUT2D eigenvalue weighted by molar-refractivity contribution is -0.385. The van der Waals surface area contributed by atoms with Crippen molar-refractivity contribution in [2.75, 3.05) is 12.0 Å². The minimum Gasteiger partial charge on any atom is -0.490 e. The van der Waals surface area contributed by atoms with E-state index in [2.05, 4.69) is 5.16 Å². The zero-order valence-corrected chi connectivity index (χ0v) is 16.0. The molecule has 0 saturated carbocycles. The number of carbonyl (C=O) groups excluding carboxylic acids is 2. The lowest BCUT2D eigenvalue weighted by atomic mass is 9.94. The van der Waals surface area contributed by atoms with Gasteiger partial charge in [0, 0.05) is 22.7 Å². The average Bonchev–Trinajstić information content (AvgIpc) is 3.23. The highest BCUT2D eigenvalue weighted by atomic mass is 35.5. The lowest BCUT2D eigenvalue weighted by Crippen LogP contribution is -2.33. The SMILES string of the molecule is COc1cc(N2C(=O)[C@H]3C(c4ccccc4Cl)=NO[C@H]3C2=O)c(C)cc1[N+](=O)[O-]. The molecule has 0 radical (unpaired) electrons. The van der Waals surface area contributed by atoms with E-state index in [0.717, 1.165) is 4.90 Å². The Morgan fingerprint density at radius 2 is 1.97 bits per heavy atom. The predicted octanol–water partition coefficient (Wildman–Crippen LogP) is 2.86. The van der Waals surface area contributed by atoms with Crippen LogP contribution in [0.1, 0.15) is 11.1 Å². The smallest absolute Gasteiger partial charge is 0.311 e. The third kappa shape index (κ3) is 2.82. The number of imide groups is 1. The van der Waals surface area contributed by atoms with Crippen LogP contribution >= 0.6 is 11.6 Å². The molecule has 0 aliphatic carbocycles. The van der Waals surface area contributed by atoms with E-state index in [1.165, 1.54) is 19.2 Å². The molecule has 1 saturated heterocycles. The molecule has 0 bridgehead atoms. The van der Waals surface area contributed by atoms with Crippen molar-refractivity contribution < 1.29 is 24.1 Å². The van der Waals surface area contributed by atoms with Gasteiger partial charge in [-0.25, -0.2) is 4.90 Å². The molecule has 0 N–H and O–H groups in total. The van der Waals surface area contributed by atoms with Gasteiger partial charge in [0.1, 0.15) is 11.6 Å². The zero-order valence-electron chi connectivity index (χ0n) is 15.3. The second-order valence-corrected chi connectivity index (χ2v) is 6.95. The van der Waals surface area contributed by atoms with Gasteiger partial charge >= 0.3 is 5.69 Å². The molecule has 0 aromatic heterocycles. The molecule has 0 spiro atoms. The summed E-state index contributed by atoms with van der Waals surface area (Å²) in [6.07, 6.45) is -1.12. The first-order valence-corrected chi connectivity index (χ1v) is 8.92. The molecule has 1 fully saturated rings. The van der Waals surface area contributed by atoms with Crippen LogP contribution in [0.2, 0.25) is 5.02 Å². The summed E-state index contributed by atoms with van der Waals surface area (Å²) < 4.78 is 5.07. The van der Waals surface area contributed by atoms with Crippen molar-refractivity contribution >= 4 is 40.5 Å². The first-order valence-electron chi connectivity index (χ1n) is 8.54. The fourth-order valence-electron chi connectivity index (χ4n) is 3.52. The summed E-state index contributed by atoms with van der Waals surface area (Å²) in [5.74, 6) is -2.17. The zero-order chi connectivity index (χ0) is 20.9. The normalized spacial score (nSPS) is 20.4. The first-order chi connectivity index (χ1) is 13.8. The van der Waals surface area contributed by atoms with Crippen molar-refractivity contribution in [2.24, 2.45) is 11.1 Å². The minimum atomic E-state index is -1.12. The van der Waals surface area contributed by atoms with Gasteiger partial charge in [-0.15, -0.1) is 0 Å². The number of carbonyl (C=O) groups is 2. The lowest BCUT2D eigenvalue weighted by Gasteiger charge is -2.18. The topological polar surface area (TPSA) is 111 Å². The molecule has 2 aliphatic heterocycles. The Bertz CT molecular complexity index is 1100. The molecule has 2 aliphatic rings. The van der Waals surface area contributed by atoms with Crippen LogP contribution in [0.25, 0.3) is 0 Å². The number of amides is 2. The van der Waals surface area contributed by atoms with Crippen LogP contribution in [0.15, 0.2) is 41.6 Å². The maximum Gasteiger partial charge on any atom is 0.311 e. The standard InChI is InChI=1S/C19H14ClN3O6/c1-9-7-13(23(26)27)14(28-2)8-12(9)22-18(24)15-16(21-29-17(15)19(22)25)10-5-3-4-6-11(10)20/h3-8,15,17H,1-2H3/t15-,17+/m0/s1. The third-order valence-corrected chi connectivity index (χ3v) is 5.23. The van der Waals surface area contributed by atoms with Crippen LogP contribution in [-0.2, 0) is 14.4 Å². The summed E-state index contributed by atoms with van der Waals surface area (Å²) in [5.41, 5.74) is 1.08. The molecule has 2 atom stereocenters. The second-order valence-electron chi connectivity index (χ2n) is 6.54. The molecule has 148 valence electrons. The van der Waals surface area contributed by atoms with Gasteiger partial charge in [0.05, 0.1) is 17.7 Å². The molecule has 2 amide bonds. The van der Waals surface area contributed by atoms with Crippen molar-refractivity contribution in [3.05, 3.63) is 62.7 Å². The Kier molecular flexibility index (Phi) is 4.46. The number of ether oxygens (including phenoxy) is 1. The summed E-state index contributed by atoms with van der Waals surface area (Å²) in [4.78, 5) is 43.0. The van der Waals surface area contributed by atoms with Crippen LogP contribution in [0.3, 0.4) is 0 Å². The summed E-state index contributed by atoms with van der Waals surface area (Å²) in [6, 6.07) is 9.37. The van der Waals surface area contributed by atoms with E-state index in [9.17, 15) is 19.7 Å². The Hall–Kier alpha value is -3.46. The number of hydrogen-bond donors (Lipinski definition) is 0. The van der Waals surface area contributed by atoms with Crippen molar-refractivity contribution in [3.8, 4) is 5.75 Å². The number of hydrogen-bond acceptors (Lipinski definition) is 7. The van der Waals surface area contributed by atoms with Gasteiger partial charge in [-0.05, 0) is 18.6 Å². The number of fused-ring (bicyclic) bond motifs is 1. The number of halogens is 1. The number of oxime groups is 1. The monoisotopic (exact) mass is 415 g/mol. The van der Waals surface area contributed by atoms with Crippen molar-refractivity contribution in [2.45, 2.75) is 13.0 Å². The third-order valence-electron chi connectivity index (χ3n) is 4.90. The molecule has 29 heavy (non-hydrogen) atoms. The molecule has 9 nitrogen and oxygen atoms in total. The molecule has 2 aromatic rings. The number of aryl methyl sites for hydroxylation is 1. The van der Waals surface area contributed by atoms with E-state index < -0.39 is 28.8 Å². The van der Waals surface area contributed by atoms with Crippen molar-refractivity contribution in [1.29, 1.82) is 0 Å². The van der Waals surface area contributed by atoms with E-state index in [1.54, 1.807) is 31.2 Å². The predicted molar refractivity (Wildman–Crippen MR) is 103 cm³/mol. The molecular weight excluding hydrogens is 402 g/mol. The van der Waals surface area contributed by atoms with E-state index in [-0.39, 0.29) is 22.8 Å². The molecule has 2 aromatic carbocycles. The molecular formula is C19H14ClN3O6. The Morgan fingerprint density at radius 1 is 1.24 bits per heavy atom. The molecule has 0 unspecified atom stereocenters. The summed E-state index contributed by atoms with van der Waals surface area (Å²) in [5, 5.41) is 15.5. The fraction of sp³-hybridized carbons (Fsp3) is 0.211. The summed E-state index contributed by atoms with van der Waals surface area (Å²) in [7, 11) is 1.27. The highest BCUT2D eigenvalue weighted by molar-refractivity contribution is 6.38. The second kappa shape index (κ2) is 6.85. The molecule has 2 heterocycles. The number of benzene rings is 2. The van der Waals surface area contributed by atoms with E-state index in [0.29, 0.717) is 16.1 Å². The van der Waals surface area contributed by atoms with Crippen molar-refractivity contribution in [1.82, 2.24) is 0 Å². The van der Waals surface area contributed by atoms with Gasteiger partial charge in [0.2, 0.25) is 12.0 Å². The minimum absolute atomic E-state index is 0.0610. The highest BCUT2D eigenvalue weighted by Gasteiger charge is 2.56. The van der Waals surface area contributed by atoms with Crippen LogP contribution in [0.4, 0.5) is 11.4 Å². The van der Waals surface area contributed by atoms with Crippen LogP contribution in [-0.4, -0.2) is 35.7 Å². The number of nitro benzene ring substituents is 1. The van der Waals surface area contributed by atoms with Gasteiger partial charge in [-0.1, -0.05) is 35.0 Å². The van der Waals surface area contributed by atoms with Crippen molar-refractivity contribution in [3.63, 3.8) is 0 Å². The number of rotatable bonds is 4. The number of nitro groups is 1. The van der Waals surface area contributed by atoms with Gasteiger partial charge in [0.15, 0.2) is 5.75 Å². The fourth-order valence-corrected chi connectivity index (χ4v) is 3.75.